The first-order valence-electron chi connectivity index (χ1n) is 8.61. The fourth-order valence-electron chi connectivity index (χ4n) is 3.03. The van der Waals surface area contributed by atoms with E-state index in [1.165, 1.54) is 6.33 Å². The Hall–Kier alpha value is -3.22. The molecule has 1 amide bonds. The lowest BCUT2D eigenvalue weighted by Crippen LogP contribution is -2.54. The molecule has 26 heavy (non-hydrogen) atoms. The Bertz CT molecular complexity index is 874. The molecule has 0 bridgehead atoms. The molecule has 1 aliphatic heterocycles. The van der Waals surface area contributed by atoms with Crippen molar-refractivity contribution < 1.29 is 4.79 Å². The molecule has 0 unspecified atom stereocenters. The normalized spacial score (nSPS) is 15.3. The fourth-order valence-corrected chi connectivity index (χ4v) is 3.03. The van der Waals surface area contributed by atoms with Crippen LogP contribution < -0.4 is 10.2 Å². The van der Waals surface area contributed by atoms with Crippen molar-refractivity contribution in [1.29, 1.82) is 0 Å². The smallest absolute Gasteiger partial charge is 0.227 e. The Balaban J connectivity index is 1.35. The van der Waals surface area contributed by atoms with Crippen LogP contribution in [0.5, 0.6) is 0 Å². The van der Waals surface area contributed by atoms with Gasteiger partial charge in [-0.3, -0.25) is 9.36 Å². The second kappa shape index (κ2) is 6.95. The molecule has 0 aliphatic carbocycles. The molecule has 0 spiro atoms. The molecule has 132 valence electrons. The molecule has 1 aromatic carbocycles. The number of anilines is 1. The minimum Gasteiger partial charge on any atom is -0.355 e. The van der Waals surface area contributed by atoms with Gasteiger partial charge < -0.3 is 10.2 Å². The maximum atomic E-state index is 12.5. The van der Waals surface area contributed by atoms with Gasteiger partial charge in [-0.1, -0.05) is 30.3 Å². The first-order valence-corrected chi connectivity index (χ1v) is 8.61. The van der Waals surface area contributed by atoms with Gasteiger partial charge in [-0.25, -0.2) is 15.0 Å². The molecular formula is C19H20N6O. The van der Waals surface area contributed by atoms with Crippen LogP contribution in [0.15, 0.2) is 61.4 Å². The van der Waals surface area contributed by atoms with Crippen LogP contribution in [-0.2, 0) is 4.79 Å². The summed E-state index contributed by atoms with van der Waals surface area (Å²) < 4.78 is 1.83. The maximum absolute atomic E-state index is 12.5. The van der Waals surface area contributed by atoms with E-state index in [1.54, 1.807) is 12.5 Å². The topological polar surface area (TPSA) is 75.9 Å². The SMILES string of the molecule is C[C@@H](NC(=O)C1CN(c2cc(-n3ccnc3)ncn2)C1)c1ccccc1. The van der Waals surface area contributed by atoms with E-state index >= 15 is 0 Å². The summed E-state index contributed by atoms with van der Waals surface area (Å²) in [6.45, 7) is 3.33. The number of imidazole rings is 1. The molecule has 1 N–H and O–H groups in total. The predicted octanol–water partition coefficient (Wildman–Crippen LogP) is 1.98. The second-order valence-electron chi connectivity index (χ2n) is 6.45. The van der Waals surface area contributed by atoms with Gasteiger partial charge in [0.1, 0.15) is 24.3 Å². The van der Waals surface area contributed by atoms with Crippen molar-refractivity contribution in [2.24, 2.45) is 5.92 Å². The highest BCUT2D eigenvalue weighted by Crippen LogP contribution is 2.24. The highest BCUT2D eigenvalue weighted by Gasteiger charge is 2.34. The first kappa shape index (κ1) is 16.3. The molecule has 1 aliphatic rings. The Labute approximate surface area is 151 Å². The minimum absolute atomic E-state index is 0.00430. The number of hydrogen-bond donors (Lipinski definition) is 1. The van der Waals surface area contributed by atoms with E-state index in [0.717, 1.165) is 17.2 Å². The predicted molar refractivity (Wildman–Crippen MR) is 97.9 cm³/mol. The van der Waals surface area contributed by atoms with Gasteiger partial charge in [0.05, 0.1) is 12.0 Å². The third-order valence-electron chi connectivity index (χ3n) is 4.64. The van der Waals surface area contributed by atoms with E-state index in [1.807, 2.05) is 54.1 Å². The molecule has 0 saturated carbocycles. The highest BCUT2D eigenvalue weighted by atomic mass is 16.2. The van der Waals surface area contributed by atoms with Gasteiger partial charge in [0.2, 0.25) is 5.91 Å². The third-order valence-corrected chi connectivity index (χ3v) is 4.64. The molecule has 2 aromatic heterocycles. The van der Waals surface area contributed by atoms with Crippen molar-refractivity contribution in [1.82, 2.24) is 24.8 Å². The van der Waals surface area contributed by atoms with Gasteiger partial charge >= 0.3 is 0 Å². The lowest BCUT2D eigenvalue weighted by atomic mass is 9.98. The monoisotopic (exact) mass is 348 g/mol. The van der Waals surface area contributed by atoms with Gasteiger partial charge in [-0.15, -0.1) is 0 Å². The molecular weight excluding hydrogens is 328 g/mol. The first-order chi connectivity index (χ1) is 12.7. The fraction of sp³-hybridized carbons (Fsp3) is 0.263. The zero-order valence-electron chi connectivity index (χ0n) is 14.5. The lowest BCUT2D eigenvalue weighted by molar-refractivity contribution is -0.126. The molecule has 3 aromatic rings. The van der Waals surface area contributed by atoms with Gasteiger partial charge in [0, 0.05) is 31.5 Å². The number of carbonyl (C=O) groups excluding carboxylic acids is 1. The number of nitrogens with one attached hydrogen (secondary N) is 1. The molecule has 4 rings (SSSR count). The van der Waals surface area contributed by atoms with Crippen molar-refractivity contribution >= 4 is 11.7 Å². The molecule has 1 saturated heterocycles. The summed E-state index contributed by atoms with van der Waals surface area (Å²) in [6, 6.07) is 11.9. The van der Waals surface area contributed by atoms with Crippen LogP contribution in [0.3, 0.4) is 0 Å². The average molecular weight is 348 g/mol. The summed E-state index contributed by atoms with van der Waals surface area (Å²) in [5.74, 6) is 1.65. The van der Waals surface area contributed by atoms with E-state index < -0.39 is 0 Å². The highest BCUT2D eigenvalue weighted by molar-refractivity contribution is 5.82. The van der Waals surface area contributed by atoms with Gasteiger partial charge in [-0.05, 0) is 12.5 Å². The number of rotatable bonds is 5. The van der Waals surface area contributed by atoms with Gasteiger partial charge in [0.25, 0.3) is 0 Å². The number of amides is 1. The van der Waals surface area contributed by atoms with E-state index in [2.05, 4.69) is 25.2 Å². The number of nitrogens with zero attached hydrogens (tertiary/aromatic N) is 5. The Morgan fingerprint density at radius 2 is 1.96 bits per heavy atom. The Morgan fingerprint density at radius 3 is 2.69 bits per heavy atom. The molecule has 7 heteroatoms. The van der Waals surface area contributed by atoms with E-state index in [4.69, 9.17) is 0 Å². The summed E-state index contributed by atoms with van der Waals surface area (Å²) in [5.41, 5.74) is 1.11. The zero-order valence-corrected chi connectivity index (χ0v) is 14.5. The van der Waals surface area contributed by atoms with Crippen LogP contribution in [0.4, 0.5) is 5.82 Å². The molecule has 1 atom stereocenters. The zero-order chi connectivity index (χ0) is 17.9. The van der Waals surface area contributed by atoms with Crippen LogP contribution >= 0.6 is 0 Å². The summed E-state index contributed by atoms with van der Waals surface area (Å²) in [4.78, 5) is 27.1. The van der Waals surface area contributed by atoms with Gasteiger partial charge in [0.15, 0.2) is 0 Å². The largest absolute Gasteiger partial charge is 0.355 e. The van der Waals surface area contributed by atoms with Gasteiger partial charge in [-0.2, -0.15) is 0 Å². The number of carbonyl (C=O) groups is 1. The summed E-state index contributed by atoms with van der Waals surface area (Å²) >= 11 is 0. The summed E-state index contributed by atoms with van der Waals surface area (Å²) in [7, 11) is 0. The van der Waals surface area contributed by atoms with Crippen molar-refractivity contribution in [3.63, 3.8) is 0 Å². The van der Waals surface area contributed by atoms with Crippen LogP contribution in [0, 0.1) is 5.92 Å². The Kier molecular flexibility index (Phi) is 4.35. The molecule has 3 heterocycles. The maximum Gasteiger partial charge on any atom is 0.227 e. The number of aromatic nitrogens is 4. The van der Waals surface area contributed by atoms with E-state index in [-0.39, 0.29) is 17.9 Å². The van der Waals surface area contributed by atoms with Crippen LogP contribution in [0.25, 0.3) is 5.82 Å². The lowest BCUT2D eigenvalue weighted by Gasteiger charge is -2.39. The standard InChI is InChI=1S/C19H20N6O/c1-14(15-5-3-2-4-6-15)23-19(26)16-10-25(11-16)18-9-17(21-12-22-18)24-8-7-20-13-24/h2-9,12-14,16H,10-11H2,1H3,(H,23,26)/t14-/m1/s1. The van der Waals surface area contributed by atoms with Crippen molar-refractivity contribution in [2.75, 3.05) is 18.0 Å². The van der Waals surface area contributed by atoms with E-state index in [0.29, 0.717) is 13.1 Å². The second-order valence-corrected chi connectivity index (χ2v) is 6.45. The number of benzene rings is 1. The van der Waals surface area contributed by atoms with Crippen LogP contribution in [-0.4, -0.2) is 38.5 Å². The summed E-state index contributed by atoms with van der Waals surface area (Å²) in [6.07, 6.45) is 6.78. The van der Waals surface area contributed by atoms with Crippen molar-refractivity contribution in [3.8, 4) is 5.82 Å². The van der Waals surface area contributed by atoms with Crippen molar-refractivity contribution in [2.45, 2.75) is 13.0 Å². The Morgan fingerprint density at radius 1 is 1.19 bits per heavy atom. The average Bonchev–Trinajstić information content (AvgIpc) is 3.16. The minimum atomic E-state index is -0.0205. The van der Waals surface area contributed by atoms with Crippen molar-refractivity contribution in [3.05, 3.63) is 67.0 Å². The van der Waals surface area contributed by atoms with Crippen LogP contribution in [0.1, 0.15) is 18.5 Å². The molecule has 1 fully saturated rings. The summed E-state index contributed by atoms with van der Waals surface area (Å²) in [5, 5.41) is 3.09. The molecule has 7 nitrogen and oxygen atoms in total. The number of hydrogen-bond acceptors (Lipinski definition) is 5. The quantitative estimate of drug-likeness (QED) is 0.763. The third kappa shape index (κ3) is 3.28. The molecule has 0 radical (unpaired) electrons. The van der Waals surface area contributed by atoms with Crippen LogP contribution in [0.2, 0.25) is 0 Å². The van der Waals surface area contributed by atoms with E-state index in [9.17, 15) is 4.79 Å².